The highest BCUT2D eigenvalue weighted by Crippen LogP contribution is 2.21. The molecular weight excluding hydrogens is 338 g/mol. The van der Waals surface area contributed by atoms with Crippen LogP contribution in [0.3, 0.4) is 0 Å². The number of aromatic nitrogens is 1. The summed E-state index contributed by atoms with van der Waals surface area (Å²) in [5.41, 5.74) is 0.673. The average Bonchev–Trinajstić information content (AvgIpc) is 2.93. The second kappa shape index (κ2) is 7.21. The lowest BCUT2D eigenvalue weighted by Crippen LogP contribution is -2.13. The summed E-state index contributed by atoms with van der Waals surface area (Å²) in [5.74, 6) is -0.422. The van der Waals surface area contributed by atoms with E-state index in [4.69, 9.17) is 10.00 Å². The van der Waals surface area contributed by atoms with Crippen LogP contribution in [0.1, 0.15) is 18.2 Å². The molecule has 0 atom stereocenters. The minimum Gasteiger partial charge on any atom is -0.466 e. The maximum Gasteiger partial charge on any atom is 0.311 e. The van der Waals surface area contributed by atoms with E-state index in [0.29, 0.717) is 5.69 Å². The Bertz CT molecular complexity index is 853. The fraction of sp³-hybridized carbons (Fsp3) is 0.214. The molecule has 0 saturated carbocycles. The molecule has 23 heavy (non-hydrogen) atoms. The van der Waals surface area contributed by atoms with Gasteiger partial charge in [0.05, 0.1) is 35.2 Å². The summed E-state index contributed by atoms with van der Waals surface area (Å²) in [6, 6.07) is 7.54. The van der Waals surface area contributed by atoms with Crippen LogP contribution in [0.15, 0.2) is 34.5 Å². The maximum absolute atomic E-state index is 12.3. The predicted molar refractivity (Wildman–Crippen MR) is 84.4 cm³/mol. The zero-order chi connectivity index (χ0) is 16.9. The predicted octanol–water partition coefficient (Wildman–Crippen LogP) is 1.92. The van der Waals surface area contributed by atoms with Gasteiger partial charge in [0.1, 0.15) is 0 Å². The van der Waals surface area contributed by atoms with Crippen molar-refractivity contribution in [3.8, 4) is 6.07 Å². The van der Waals surface area contributed by atoms with Gasteiger partial charge in [-0.3, -0.25) is 9.52 Å². The van der Waals surface area contributed by atoms with Crippen LogP contribution in [-0.4, -0.2) is 26.0 Å². The molecule has 1 aromatic heterocycles. The highest BCUT2D eigenvalue weighted by atomic mass is 32.2. The Morgan fingerprint density at radius 3 is 2.96 bits per heavy atom. The van der Waals surface area contributed by atoms with Crippen LogP contribution in [0.4, 0.5) is 5.13 Å². The molecule has 120 valence electrons. The Balaban J connectivity index is 2.13. The first-order valence-corrected chi connectivity index (χ1v) is 8.94. The van der Waals surface area contributed by atoms with E-state index in [9.17, 15) is 13.2 Å². The number of nitriles is 1. The highest BCUT2D eigenvalue weighted by molar-refractivity contribution is 7.93. The van der Waals surface area contributed by atoms with Crippen LogP contribution in [0.25, 0.3) is 0 Å². The molecule has 1 heterocycles. The number of thiazole rings is 1. The van der Waals surface area contributed by atoms with Crippen molar-refractivity contribution in [3.63, 3.8) is 0 Å². The van der Waals surface area contributed by atoms with Gasteiger partial charge in [0.2, 0.25) is 0 Å². The summed E-state index contributed by atoms with van der Waals surface area (Å²) >= 11 is 1.07. The third kappa shape index (κ3) is 4.51. The Kier molecular flexibility index (Phi) is 5.31. The molecule has 0 saturated heterocycles. The van der Waals surface area contributed by atoms with Gasteiger partial charge < -0.3 is 4.74 Å². The number of esters is 1. The second-order valence-corrected chi connectivity index (χ2v) is 6.91. The Hall–Kier alpha value is -2.44. The first-order valence-electron chi connectivity index (χ1n) is 6.57. The normalized spacial score (nSPS) is 10.8. The van der Waals surface area contributed by atoms with Crippen molar-refractivity contribution in [2.75, 3.05) is 11.3 Å². The Morgan fingerprint density at radius 2 is 2.26 bits per heavy atom. The van der Waals surface area contributed by atoms with E-state index in [-0.39, 0.29) is 28.6 Å². The second-order valence-electron chi connectivity index (χ2n) is 4.37. The van der Waals surface area contributed by atoms with Crippen molar-refractivity contribution < 1.29 is 17.9 Å². The molecular formula is C14H13N3O4S2. The molecule has 0 fully saturated rings. The van der Waals surface area contributed by atoms with Crippen molar-refractivity contribution in [1.82, 2.24) is 4.98 Å². The summed E-state index contributed by atoms with van der Waals surface area (Å²) in [7, 11) is -3.84. The molecule has 0 aliphatic rings. The zero-order valence-electron chi connectivity index (χ0n) is 12.1. The first-order chi connectivity index (χ1) is 10.9. The average molecular weight is 351 g/mol. The number of benzene rings is 1. The van der Waals surface area contributed by atoms with Gasteiger partial charge in [0, 0.05) is 5.38 Å². The molecule has 1 N–H and O–H groups in total. The standard InChI is InChI=1S/C14H13N3O4S2/c1-2-21-13(18)7-11-9-22-14(16-11)17-23(19,20)12-5-3-4-10(6-12)8-15/h3-6,9H,2,7H2,1H3,(H,16,17). The number of hydrogen-bond acceptors (Lipinski definition) is 7. The summed E-state index contributed by atoms with van der Waals surface area (Å²) in [6.07, 6.45) is -0.0179. The molecule has 0 spiro atoms. The number of carbonyl (C=O) groups is 1. The summed E-state index contributed by atoms with van der Waals surface area (Å²) < 4.78 is 31.7. The number of sulfonamides is 1. The largest absolute Gasteiger partial charge is 0.466 e. The smallest absolute Gasteiger partial charge is 0.311 e. The van der Waals surface area contributed by atoms with Crippen molar-refractivity contribution >= 4 is 32.5 Å². The first kappa shape index (κ1) is 16.9. The zero-order valence-corrected chi connectivity index (χ0v) is 13.8. The lowest BCUT2D eigenvalue weighted by Gasteiger charge is -2.05. The SMILES string of the molecule is CCOC(=O)Cc1csc(NS(=O)(=O)c2cccc(C#N)c2)n1. The van der Waals surface area contributed by atoms with E-state index >= 15 is 0 Å². The molecule has 0 amide bonds. The third-order valence-electron chi connectivity index (χ3n) is 2.68. The lowest BCUT2D eigenvalue weighted by molar-refractivity contribution is -0.142. The van der Waals surface area contributed by atoms with Crippen molar-refractivity contribution in [1.29, 1.82) is 5.26 Å². The fourth-order valence-corrected chi connectivity index (χ4v) is 3.71. The summed E-state index contributed by atoms with van der Waals surface area (Å²) in [4.78, 5) is 15.4. The molecule has 2 aromatic rings. The molecule has 2 rings (SSSR count). The van der Waals surface area contributed by atoms with Gasteiger partial charge in [-0.25, -0.2) is 13.4 Å². The van der Waals surface area contributed by atoms with E-state index in [1.165, 1.54) is 24.3 Å². The molecule has 0 aliphatic carbocycles. The molecule has 0 bridgehead atoms. The number of nitrogens with one attached hydrogen (secondary N) is 1. The molecule has 0 aliphatic heterocycles. The summed E-state index contributed by atoms with van der Waals surface area (Å²) in [5, 5.41) is 10.6. The number of ether oxygens (including phenoxy) is 1. The van der Waals surface area contributed by atoms with Crippen molar-refractivity contribution in [2.45, 2.75) is 18.2 Å². The van der Waals surface area contributed by atoms with Gasteiger partial charge in [-0.1, -0.05) is 6.07 Å². The number of hydrogen-bond donors (Lipinski definition) is 1. The van der Waals surface area contributed by atoms with Gasteiger partial charge in [0.15, 0.2) is 5.13 Å². The lowest BCUT2D eigenvalue weighted by atomic mass is 10.2. The van der Waals surface area contributed by atoms with E-state index < -0.39 is 16.0 Å². The van der Waals surface area contributed by atoms with Crippen LogP contribution in [-0.2, 0) is 26.0 Å². The minimum atomic E-state index is -3.84. The van der Waals surface area contributed by atoms with Gasteiger partial charge in [-0.15, -0.1) is 11.3 Å². The van der Waals surface area contributed by atoms with E-state index in [0.717, 1.165) is 11.3 Å². The van der Waals surface area contributed by atoms with Crippen LogP contribution in [0.2, 0.25) is 0 Å². The van der Waals surface area contributed by atoms with Crippen LogP contribution in [0.5, 0.6) is 0 Å². The van der Waals surface area contributed by atoms with Crippen molar-refractivity contribution in [2.24, 2.45) is 0 Å². The van der Waals surface area contributed by atoms with E-state index in [2.05, 4.69) is 9.71 Å². The number of carbonyl (C=O) groups excluding carboxylic acids is 1. The van der Waals surface area contributed by atoms with Crippen LogP contribution in [0, 0.1) is 11.3 Å². The molecule has 1 aromatic carbocycles. The van der Waals surface area contributed by atoms with Gasteiger partial charge in [0.25, 0.3) is 10.0 Å². The van der Waals surface area contributed by atoms with E-state index in [1.54, 1.807) is 12.3 Å². The molecule has 0 radical (unpaired) electrons. The third-order valence-corrected chi connectivity index (χ3v) is 4.95. The van der Waals surface area contributed by atoms with Gasteiger partial charge >= 0.3 is 5.97 Å². The number of rotatable bonds is 6. The highest BCUT2D eigenvalue weighted by Gasteiger charge is 2.17. The van der Waals surface area contributed by atoms with Crippen molar-refractivity contribution in [3.05, 3.63) is 40.9 Å². The Morgan fingerprint density at radius 1 is 1.48 bits per heavy atom. The molecule has 0 unspecified atom stereocenters. The number of nitrogens with zero attached hydrogens (tertiary/aromatic N) is 2. The quantitative estimate of drug-likeness (QED) is 0.796. The van der Waals surface area contributed by atoms with Gasteiger partial charge in [-0.2, -0.15) is 5.26 Å². The minimum absolute atomic E-state index is 0.0179. The topological polar surface area (TPSA) is 109 Å². The van der Waals surface area contributed by atoms with Crippen LogP contribution >= 0.6 is 11.3 Å². The van der Waals surface area contributed by atoms with Gasteiger partial charge in [-0.05, 0) is 25.1 Å². The maximum atomic E-state index is 12.3. The molecule has 9 heteroatoms. The monoisotopic (exact) mass is 351 g/mol. The number of anilines is 1. The van der Waals surface area contributed by atoms with E-state index in [1.807, 2.05) is 6.07 Å². The molecule has 7 nitrogen and oxygen atoms in total. The Labute approximate surface area is 137 Å². The van der Waals surface area contributed by atoms with Crippen LogP contribution < -0.4 is 4.72 Å². The summed E-state index contributed by atoms with van der Waals surface area (Å²) in [6.45, 7) is 1.98. The fourth-order valence-electron chi connectivity index (χ4n) is 1.70.